The quantitative estimate of drug-likeness (QED) is 0.0206. The zero-order valence-electron chi connectivity index (χ0n) is 48.8. The summed E-state index contributed by atoms with van der Waals surface area (Å²) in [4.78, 5) is 70.9. The number of imide groups is 1. The van der Waals surface area contributed by atoms with Gasteiger partial charge < -0.3 is 45.9 Å². The normalized spacial score (nSPS) is 14.6. The van der Waals surface area contributed by atoms with Crippen LogP contribution in [0, 0.1) is 6.92 Å². The molecule has 3 aromatic carbocycles. The van der Waals surface area contributed by atoms with E-state index in [4.69, 9.17) is 41.9 Å². The minimum atomic E-state index is -1.05. The summed E-state index contributed by atoms with van der Waals surface area (Å²) in [6, 6.07) is 22.4. The van der Waals surface area contributed by atoms with Crippen LogP contribution in [0.15, 0.2) is 78.5 Å². The number of ether oxygens (including phenoxy) is 1. The third-order valence-corrected chi connectivity index (χ3v) is 15.8. The molecule has 0 saturated carbocycles. The predicted molar refractivity (Wildman–Crippen MR) is 330 cm³/mol. The number of nitrogens with two attached hydrogens (primary N) is 1. The van der Waals surface area contributed by atoms with Crippen LogP contribution in [0.4, 0.5) is 22.7 Å². The molecule has 2 atom stereocenters. The molecule has 1 aromatic heterocycles. The first kappa shape index (κ1) is 71.1. The molecule has 1 saturated heterocycles. The molecule has 0 spiro atoms. The second-order valence-corrected chi connectivity index (χ2v) is 21.0. The Morgan fingerprint density at radius 3 is 2.22 bits per heavy atom. The average Bonchev–Trinajstić information content (AvgIpc) is 3.73. The highest BCUT2D eigenvalue weighted by atomic mass is 35.5. The minimum Gasteiger partial charge on any atom is -0.483 e. The number of anilines is 4. The number of hydrogen-bond acceptors (Lipinski definition) is 14. The third kappa shape index (κ3) is 21.9. The minimum absolute atomic E-state index is 0.0161. The van der Waals surface area contributed by atoms with Crippen LogP contribution in [-0.4, -0.2) is 103 Å². The molecular formula is C60H90ClN7O9S2. The van der Waals surface area contributed by atoms with Crippen molar-refractivity contribution < 1.29 is 43.7 Å². The molecule has 6 rings (SSSR count). The molecular weight excluding hydrogens is 1060 g/mol. The van der Waals surface area contributed by atoms with Gasteiger partial charge in [0, 0.05) is 72.3 Å². The summed E-state index contributed by atoms with van der Waals surface area (Å²) < 4.78 is 7.93. The van der Waals surface area contributed by atoms with E-state index in [-0.39, 0.29) is 42.2 Å². The van der Waals surface area contributed by atoms with Gasteiger partial charge in [-0.2, -0.15) is 0 Å². The number of hydrogen-bond donors (Lipinski definition) is 6. The Morgan fingerprint density at radius 1 is 0.975 bits per heavy atom. The van der Waals surface area contributed by atoms with Crippen LogP contribution >= 0.6 is 34.9 Å². The van der Waals surface area contributed by atoms with Crippen molar-refractivity contribution in [2.75, 3.05) is 53.7 Å². The Hall–Kier alpha value is -5.92. The molecule has 0 radical (unpaired) electrons. The number of carbonyl (C=O) groups excluding carboxylic acids is 4. The molecule has 438 valence electrons. The van der Waals surface area contributed by atoms with Gasteiger partial charge in [-0.25, -0.2) is 9.10 Å². The number of nitrogens with one attached hydrogen (secondary N) is 3. The van der Waals surface area contributed by atoms with Gasteiger partial charge in [0.05, 0.1) is 16.3 Å². The van der Waals surface area contributed by atoms with Crippen LogP contribution in [-0.2, 0) is 34.5 Å². The van der Waals surface area contributed by atoms with Gasteiger partial charge in [0.1, 0.15) is 17.9 Å². The molecule has 79 heavy (non-hydrogen) atoms. The van der Waals surface area contributed by atoms with Gasteiger partial charge in [-0.1, -0.05) is 128 Å². The highest BCUT2D eigenvalue weighted by Gasteiger charge is 2.34. The first-order valence-corrected chi connectivity index (χ1v) is 29.7. The van der Waals surface area contributed by atoms with Crippen LogP contribution in [0.2, 0.25) is 5.02 Å². The molecule has 3 amide bonds. The lowest BCUT2D eigenvalue weighted by Gasteiger charge is -2.41. The summed E-state index contributed by atoms with van der Waals surface area (Å²) in [6.45, 7) is 26.0. The Morgan fingerprint density at radius 2 is 1.62 bits per heavy atom. The lowest BCUT2D eigenvalue weighted by atomic mass is 9.90. The van der Waals surface area contributed by atoms with E-state index in [9.17, 15) is 19.2 Å². The number of likely N-dealkylation sites (N-methyl/N-ethyl adjacent to an activating group) is 1. The fourth-order valence-electron chi connectivity index (χ4n) is 9.24. The van der Waals surface area contributed by atoms with Crippen LogP contribution in [0.25, 0.3) is 10.4 Å². The number of carbonyl (C=O) groups is 6. The van der Waals surface area contributed by atoms with Gasteiger partial charge >= 0.3 is 5.97 Å². The van der Waals surface area contributed by atoms with Gasteiger partial charge in [-0.3, -0.25) is 24.5 Å². The summed E-state index contributed by atoms with van der Waals surface area (Å²) >= 11 is 10.0. The van der Waals surface area contributed by atoms with E-state index in [1.807, 2.05) is 108 Å². The zero-order valence-corrected chi connectivity index (χ0v) is 51.2. The smallest absolute Gasteiger partial charge is 0.341 e. The SMILES string of the molecule is C=O.CC.CC.CC.CCCC(CCC)N(C=O)c1cc(C(CCN)CCNc2cccc(CSN3CC=C(Nc4cccc(-c5sc(C)c(OCC(=O)O)c5Cl)c4)CC3(C)C)c2)ccc1N(C)C1CCC(=O)NC1=O.O=CO. The second kappa shape index (κ2) is 38.6. The van der Waals surface area contributed by atoms with E-state index in [0.29, 0.717) is 23.7 Å². The number of aliphatic carboxylic acids is 1. The summed E-state index contributed by atoms with van der Waals surface area (Å²) in [6.07, 6.45) is 9.89. The summed E-state index contributed by atoms with van der Waals surface area (Å²) in [7, 11) is 1.87. The molecule has 2 aliphatic heterocycles. The molecule has 3 heterocycles. The molecule has 1 fully saturated rings. The first-order chi connectivity index (χ1) is 38.1. The van der Waals surface area contributed by atoms with E-state index < -0.39 is 18.6 Å². The van der Waals surface area contributed by atoms with Crippen LogP contribution in [0.1, 0.15) is 149 Å². The number of thiophene rings is 1. The second-order valence-electron chi connectivity index (χ2n) is 18.4. The highest BCUT2D eigenvalue weighted by molar-refractivity contribution is 7.96. The van der Waals surface area contributed by atoms with Gasteiger partial charge in [0.15, 0.2) is 12.4 Å². The fraction of sp³-hybridized carbons (Fsp3) is 0.500. The van der Waals surface area contributed by atoms with Crippen molar-refractivity contribution in [3.8, 4) is 16.2 Å². The summed E-state index contributed by atoms with van der Waals surface area (Å²) in [5.41, 5.74) is 14.1. The number of halogens is 1. The number of rotatable bonds is 25. The maximum atomic E-state index is 13.0. The number of carboxylic acid groups (broad SMARTS) is 2. The lowest BCUT2D eigenvalue weighted by Crippen LogP contribution is -2.51. The summed E-state index contributed by atoms with van der Waals surface area (Å²) in [5.74, 6) is -0.264. The van der Waals surface area contributed by atoms with Crippen molar-refractivity contribution in [2.24, 2.45) is 5.73 Å². The molecule has 4 aromatic rings. The number of nitrogens with zero attached hydrogens (tertiary/aromatic N) is 3. The topological polar surface area (TPSA) is 224 Å². The third-order valence-electron chi connectivity index (χ3n) is 12.8. The van der Waals surface area contributed by atoms with E-state index in [1.165, 1.54) is 16.9 Å². The molecule has 0 bridgehead atoms. The van der Waals surface area contributed by atoms with Crippen LogP contribution in [0.5, 0.6) is 5.75 Å². The molecule has 2 unspecified atom stereocenters. The molecule has 2 aliphatic rings. The van der Waals surface area contributed by atoms with E-state index in [2.05, 4.69) is 96.5 Å². The van der Waals surface area contributed by atoms with Gasteiger partial charge in [0.2, 0.25) is 18.2 Å². The lowest BCUT2D eigenvalue weighted by molar-refractivity contribution is -0.139. The largest absolute Gasteiger partial charge is 0.483 e. The predicted octanol–water partition coefficient (Wildman–Crippen LogP) is 13.2. The Labute approximate surface area is 484 Å². The first-order valence-electron chi connectivity index (χ1n) is 27.5. The number of amides is 3. The Balaban J connectivity index is 0.00000265. The fourth-order valence-corrected chi connectivity index (χ4v) is 11.8. The van der Waals surface area contributed by atoms with Crippen molar-refractivity contribution in [2.45, 2.75) is 163 Å². The van der Waals surface area contributed by atoms with Crippen molar-refractivity contribution in [1.82, 2.24) is 9.62 Å². The van der Waals surface area contributed by atoms with Crippen molar-refractivity contribution in [3.63, 3.8) is 0 Å². The average molecular weight is 1150 g/mol. The number of carboxylic acids is 1. The molecule has 0 aliphatic carbocycles. The van der Waals surface area contributed by atoms with E-state index in [0.717, 1.165) is 120 Å². The molecule has 7 N–H and O–H groups in total. The van der Waals surface area contributed by atoms with E-state index >= 15 is 0 Å². The highest BCUT2D eigenvalue weighted by Crippen LogP contribution is 2.46. The van der Waals surface area contributed by atoms with Crippen molar-refractivity contribution >= 4 is 95.1 Å². The van der Waals surface area contributed by atoms with Gasteiger partial charge in [-0.05, 0) is 118 Å². The van der Waals surface area contributed by atoms with Gasteiger partial charge in [-0.15, -0.1) is 11.3 Å². The van der Waals surface area contributed by atoms with E-state index in [1.54, 1.807) is 0 Å². The Bertz CT molecular complexity index is 2500. The van der Waals surface area contributed by atoms with Crippen LogP contribution in [0.3, 0.4) is 0 Å². The van der Waals surface area contributed by atoms with Crippen molar-refractivity contribution in [1.29, 1.82) is 0 Å². The number of aryl methyl sites for hydroxylation is 1. The maximum Gasteiger partial charge on any atom is 0.341 e. The number of piperidine rings is 1. The van der Waals surface area contributed by atoms with Crippen LogP contribution < -0.4 is 36.2 Å². The summed E-state index contributed by atoms with van der Waals surface area (Å²) in [5, 5.41) is 26.2. The maximum absolute atomic E-state index is 13.0. The van der Waals surface area contributed by atoms with Crippen molar-refractivity contribution in [3.05, 3.63) is 99.5 Å². The Kier molecular flexibility index (Phi) is 34.8. The monoisotopic (exact) mass is 1150 g/mol. The molecule has 16 nitrogen and oxygen atoms in total. The zero-order chi connectivity index (χ0) is 59.7. The molecule has 19 heteroatoms. The standard InChI is InChI=1S/C52H68ClN7O6S2.3C2H6.CH2O2.CH2O/c1-7-11-42(12-8-2)59(33-61)45-29-37(17-18-43(45)58(6)44-19-20-46(62)57-51(44)65)36(21-24-54)22-25-55-39-15-9-13-35(27-39)32-67-60-26-23-41(30-52(60,4)5)56-40-16-10-14-38(28-40)50-48(53)49(34(3)68-50)66-31-47(63)64;3*1-2;2-1-3;1-2/h9-10,13-18,23,27-29,33,36,42,44,55-56H,7-8,11-12,19-22,24-26,30-32,54H2,1-6H3,(H,63,64)(H,57,62,65);3*1-2H3;1H,(H,2,3);1H2. The number of benzene rings is 3. The van der Waals surface area contributed by atoms with Gasteiger partial charge in [0.25, 0.3) is 6.47 Å².